The summed E-state index contributed by atoms with van der Waals surface area (Å²) in [7, 11) is 4.35. The lowest BCUT2D eigenvalue weighted by molar-refractivity contribution is 0.315. The zero-order chi connectivity index (χ0) is 11.7. The van der Waals surface area contributed by atoms with Crippen LogP contribution in [0.15, 0.2) is 18.2 Å². The molecule has 1 aliphatic rings. The quantitative estimate of drug-likeness (QED) is 0.752. The molecule has 1 atom stereocenters. The predicted octanol–water partition coefficient (Wildman–Crippen LogP) is 2.44. The lowest BCUT2D eigenvalue weighted by Crippen LogP contribution is -2.31. The van der Waals surface area contributed by atoms with E-state index in [-0.39, 0.29) is 0 Å². The van der Waals surface area contributed by atoms with Crippen molar-refractivity contribution in [3.8, 4) is 0 Å². The highest BCUT2D eigenvalue weighted by molar-refractivity contribution is 5.51. The van der Waals surface area contributed by atoms with Gasteiger partial charge in [-0.05, 0) is 57.6 Å². The molecule has 0 saturated carbocycles. The van der Waals surface area contributed by atoms with E-state index in [1.807, 2.05) is 0 Å². The molecule has 0 radical (unpaired) electrons. The average Bonchev–Trinajstić information content (AvgIpc) is 2.64. The molecule has 88 valence electrons. The van der Waals surface area contributed by atoms with Crippen LogP contribution in [0.5, 0.6) is 0 Å². The van der Waals surface area contributed by atoms with Crippen molar-refractivity contribution in [2.75, 3.05) is 32.1 Å². The molecule has 2 rings (SSSR count). The minimum atomic E-state index is 0.709. The SMILES string of the molecule is Cc1cc(C)cc(N2CCC(N(C)C)C2)c1. The van der Waals surface area contributed by atoms with Gasteiger partial charge in [0, 0.05) is 24.8 Å². The Bertz CT molecular complexity index is 351. The number of rotatable bonds is 2. The van der Waals surface area contributed by atoms with E-state index in [2.05, 4.69) is 55.9 Å². The fraction of sp³-hybridized carbons (Fsp3) is 0.571. The van der Waals surface area contributed by atoms with Crippen LogP contribution in [0.1, 0.15) is 17.5 Å². The Kier molecular flexibility index (Phi) is 3.20. The summed E-state index contributed by atoms with van der Waals surface area (Å²) in [4.78, 5) is 4.84. The van der Waals surface area contributed by atoms with Crippen molar-refractivity contribution in [2.24, 2.45) is 0 Å². The highest BCUT2D eigenvalue weighted by atomic mass is 15.2. The maximum Gasteiger partial charge on any atom is 0.0372 e. The van der Waals surface area contributed by atoms with Crippen molar-refractivity contribution in [3.63, 3.8) is 0 Å². The van der Waals surface area contributed by atoms with Gasteiger partial charge in [-0.1, -0.05) is 6.07 Å². The van der Waals surface area contributed by atoms with E-state index >= 15 is 0 Å². The summed E-state index contributed by atoms with van der Waals surface area (Å²) in [5.41, 5.74) is 4.12. The summed E-state index contributed by atoms with van der Waals surface area (Å²) in [6.45, 7) is 6.70. The number of likely N-dealkylation sites (N-methyl/N-ethyl adjacent to an activating group) is 1. The molecule has 0 N–H and O–H groups in total. The standard InChI is InChI=1S/C14H22N2/c1-11-7-12(2)9-14(8-11)16-6-5-13(10-16)15(3)4/h7-9,13H,5-6,10H2,1-4H3. The normalized spacial score (nSPS) is 20.8. The second-order valence-electron chi connectivity index (χ2n) is 5.20. The van der Waals surface area contributed by atoms with E-state index in [1.54, 1.807) is 0 Å². The van der Waals surface area contributed by atoms with Gasteiger partial charge < -0.3 is 9.80 Å². The van der Waals surface area contributed by atoms with Gasteiger partial charge in [0.25, 0.3) is 0 Å². The molecule has 16 heavy (non-hydrogen) atoms. The van der Waals surface area contributed by atoms with E-state index in [0.717, 1.165) is 6.54 Å². The molecule has 1 aliphatic heterocycles. The summed E-state index contributed by atoms with van der Waals surface area (Å²) in [6.07, 6.45) is 1.28. The Hall–Kier alpha value is -1.02. The number of aryl methyl sites for hydroxylation is 2. The minimum absolute atomic E-state index is 0.709. The number of nitrogens with zero attached hydrogens (tertiary/aromatic N) is 2. The van der Waals surface area contributed by atoms with Crippen molar-refractivity contribution < 1.29 is 0 Å². The van der Waals surface area contributed by atoms with Gasteiger partial charge in [0.05, 0.1) is 0 Å². The first-order valence-corrected chi connectivity index (χ1v) is 6.06. The Balaban J connectivity index is 2.14. The molecular weight excluding hydrogens is 196 g/mol. The van der Waals surface area contributed by atoms with E-state index in [0.29, 0.717) is 6.04 Å². The second-order valence-corrected chi connectivity index (χ2v) is 5.20. The second kappa shape index (κ2) is 4.46. The van der Waals surface area contributed by atoms with Crippen LogP contribution in [-0.2, 0) is 0 Å². The third-order valence-electron chi connectivity index (χ3n) is 3.47. The van der Waals surface area contributed by atoms with Crippen LogP contribution in [0.25, 0.3) is 0 Å². The number of hydrogen-bond acceptors (Lipinski definition) is 2. The largest absolute Gasteiger partial charge is 0.370 e. The molecule has 0 bridgehead atoms. The molecule has 1 fully saturated rings. The topological polar surface area (TPSA) is 6.48 Å². The van der Waals surface area contributed by atoms with E-state index < -0.39 is 0 Å². The van der Waals surface area contributed by atoms with Gasteiger partial charge in [-0.15, -0.1) is 0 Å². The molecule has 2 heteroatoms. The van der Waals surface area contributed by atoms with E-state index in [4.69, 9.17) is 0 Å². The predicted molar refractivity (Wildman–Crippen MR) is 70.2 cm³/mol. The van der Waals surface area contributed by atoms with Gasteiger partial charge in [-0.2, -0.15) is 0 Å². The van der Waals surface area contributed by atoms with Gasteiger partial charge in [0.2, 0.25) is 0 Å². The van der Waals surface area contributed by atoms with Crippen LogP contribution in [0.2, 0.25) is 0 Å². The summed E-state index contributed by atoms with van der Waals surface area (Å²) >= 11 is 0. The maximum atomic E-state index is 2.50. The number of benzene rings is 1. The average molecular weight is 218 g/mol. The van der Waals surface area contributed by atoms with Gasteiger partial charge in [0.1, 0.15) is 0 Å². The number of hydrogen-bond donors (Lipinski definition) is 0. The summed E-state index contributed by atoms with van der Waals surface area (Å²) in [5.74, 6) is 0. The highest BCUT2D eigenvalue weighted by Gasteiger charge is 2.24. The van der Waals surface area contributed by atoms with Crippen molar-refractivity contribution in [3.05, 3.63) is 29.3 Å². The zero-order valence-corrected chi connectivity index (χ0v) is 10.8. The van der Waals surface area contributed by atoms with Crippen molar-refractivity contribution in [1.82, 2.24) is 4.90 Å². The van der Waals surface area contributed by atoms with Gasteiger partial charge in [-0.25, -0.2) is 0 Å². The minimum Gasteiger partial charge on any atom is -0.370 e. The van der Waals surface area contributed by atoms with Crippen LogP contribution >= 0.6 is 0 Å². The lowest BCUT2D eigenvalue weighted by atomic mass is 10.1. The summed E-state index contributed by atoms with van der Waals surface area (Å²) in [6, 6.07) is 7.54. The van der Waals surface area contributed by atoms with Crippen LogP contribution in [0.4, 0.5) is 5.69 Å². The van der Waals surface area contributed by atoms with Crippen molar-refractivity contribution >= 4 is 5.69 Å². The molecule has 2 nitrogen and oxygen atoms in total. The Morgan fingerprint density at radius 3 is 2.25 bits per heavy atom. The first-order valence-electron chi connectivity index (χ1n) is 6.06. The molecule has 1 aromatic carbocycles. The molecule has 1 aromatic rings. The molecule has 1 saturated heterocycles. The van der Waals surface area contributed by atoms with Gasteiger partial charge in [-0.3, -0.25) is 0 Å². The Morgan fingerprint density at radius 1 is 1.12 bits per heavy atom. The number of anilines is 1. The van der Waals surface area contributed by atoms with E-state index in [1.165, 1.54) is 29.8 Å². The van der Waals surface area contributed by atoms with Crippen LogP contribution in [-0.4, -0.2) is 38.1 Å². The molecule has 1 unspecified atom stereocenters. The van der Waals surface area contributed by atoms with Gasteiger partial charge in [0.15, 0.2) is 0 Å². The third-order valence-corrected chi connectivity index (χ3v) is 3.47. The molecule has 0 aliphatic carbocycles. The van der Waals surface area contributed by atoms with E-state index in [9.17, 15) is 0 Å². The zero-order valence-electron chi connectivity index (χ0n) is 10.8. The van der Waals surface area contributed by atoms with Crippen LogP contribution < -0.4 is 4.90 Å². The Labute approximate surface area is 98.9 Å². The first-order chi connectivity index (χ1) is 7.56. The Morgan fingerprint density at radius 2 is 1.75 bits per heavy atom. The van der Waals surface area contributed by atoms with Gasteiger partial charge >= 0.3 is 0 Å². The monoisotopic (exact) mass is 218 g/mol. The van der Waals surface area contributed by atoms with Crippen molar-refractivity contribution in [2.45, 2.75) is 26.3 Å². The summed E-state index contributed by atoms with van der Waals surface area (Å²) in [5, 5.41) is 0. The fourth-order valence-corrected chi connectivity index (χ4v) is 2.53. The molecule has 0 aromatic heterocycles. The maximum absolute atomic E-state index is 2.50. The van der Waals surface area contributed by atoms with Crippen molar-refractivity contribution in [1.29, 1.82) is 0 Å². The molecule has 0 spiro atoms. The molecular formula is C14H22N2. The third kappa shape index (κ3) is 2.38. The smallest absolute Gasteiger partial charge is 0.0372 e. The van der Waals surface area contributed by atoms with Crippen LogP contribution in [0.3, 0.4) is 0 Å². The summed E-state index contributed by atoms with van der Waals surface area (Å²) < 4.78 is 0. The molecule has 1 heterocycles. The van der Waals surface area contributed by atoms with Crippen LogP contribution in [0, 0.1) is 13.8 Å². The first kappa shape index (κ1) is 11.5. The fourth-order valence-electron chi connectivity index (χ4n) is 2.53. The highest BCUT2D eigenvalue weighted by Crippen LogP contribution is 2.24. The lowest BCUT2D eigenvalue weighted by Gasteiger charge is -2.22. The molecule has 0 amide bonds.